The fourth-order valence-electron chi connectivity index (χ4n) is 3.66. The molecule has 3 heterocycles. The van der Waals surface area contributed by atoms with Crippen molar-refractivity contribution in [3.05, 3.63) is 41.0 Å². The Hall–Kier alpha value is -2.52. The summed E-state index contributed by atoms with van der Waals surface area (Å²) in [7, 11) is -3.77. The molecule has 0 aliphatic carbocycles. The Morgan fingerprint density at radius 2 is 1.89 bits per heavy atom. The smallest absolute Gasteiger partial charge is 0.246 e. The number of para-hydroxylation sites is 1. The van der Waals surface area contributed by atoms with Crippen molar-refractivity contribution in [2.75, 3.05) is 18.0 Å². The van der Waals surface area contributed by atoms with Crippen LogP contribution < -0.4 is 9.62 Å². The average Bonchev–Trinajstić information content (AvgIpc) is 3.30. The maximum absolute atomic E-state index is 12.7. The van der Waals surface area contributed by atoms with Gasteiger partial charge in [-0.3, -0.25) is 0 Å². The summed E-state index contributed by atoms with van der Waals surface area (Å²) in [6.45, 7) is 7.08. The fourth-order valence-corrected chi connectivity index (χ4v) is 4.97. The quantitative estimate of drug-likeness (QED) is 0.701. The van der Waals surface area contributed by atoms with Gasteiger partial charge in [0.2, 0.25) is 10.0 Å². The molecule has 0 radical (unpaired) electrons. The highest BCUT2D eigenvalue weighted by molar-refractivity contribution is 7.89. The van der Waals surface area contributed by atoms with E-state index in [1.54, 1.807) is 13.8 Å². The molecule has 0 spiro atoms. The third kappa shape index (κ3) is 3.35. The molecule has 1 fully saturated rings. The van der Waals surface area contributed by atoms with E-state index in [-0.39, 0.29) is 17.2 Å². The van der Waals surface area contributed by atoms with Gasteiger partial charge >= 0.3 is 0 Å². The highest BCUT2D eigenvalue weighted by Gasteiger charge is 2.25. The van der Waals surface area contributed by atoms with Gasteiger partial charge in [-0.15, -0.1) is 0 Å². The summed E-state index contributed by atoms with van der Waals surface area (Å²) < 4.78 is 33.0. The molecule has 0 amide bonds. The Balaban J connectivity index is 1.70. The Kier molecular flexibility index (Phi) is 4.80. The van der Waals surface area contributed by atoms with E-state index < -0.39 is 10.0 Å². The van der Waals surface area contributed by atoms with E-state index in [4.69, 9.17) is 9.51 Å². The van der Waals surface area contributed by atoms with Crippen molar-refractivity contribution in [3.63, 3.8) is 0 Å². The topological polar surface area (TPSA) is 101 Å². The normalized spacial score (nSPS) is 14.9. The highest BCUT2D eigenvalue weighted by atomic mass is 32.2. The van der Waals surface area contributed by atoms with Crippen LogP contribution in [0.3, 0.4) is 0 Å². The van der Waals surface area contributed by atoms with E-state index in [1.165, 1.54) is 0 Å². The Morgan fingerprint density at radius 1 is 1.14 bits per heavy atom. The maximum Gasteiger partial charge on any atom is 0.246 e. The van der Waals surface area contributed by atoms with Gasteiger partial charge in [0.15, 0.2) is 5.76 Å². The number of benzene rings is 1. The van der Waals surface area contributed by atoms with Crippen LogP contribution in [-0.4, -0.2) is 36.6 Å². The molecule has 4 rings (SSSR count). The zero-order valence-corrected chi connectivity index (χ0v) is 17.0. The van der Waals surface area contributed by atoms with E-state index in [1.807, 2.05) is 25.1 Å². The molecule has 1 aliphatic heterocycles. The first-order chi connectivity index (χ1) is 13.4. The summed E-state index contributed by atoms with van der Waals surface area (Å²) in [6, 6.07) is 6.02. The first kappa shape index (κ1) is 18.8. The number of anilines is 1. The number of nitrogens with zero attached hydrogens (tertiary/aromatic N) is 4. The van der Waals surface area contributed by atoms with Crippen LogP contribution in [0.4, 0.5) is 5.82 Å². The number of hydrogen-bond donors (Lipinski definition) is 1. The van der Waals surface area contributed by atoms with E-state index in [0.717, 1.165) is 48.2 Å². The number of aryl methyl sites for hydroxylation is 3. The third-order valence-corrected chi connectivity index (χ3v) is 6.66. The van der Waals surface area contributed by atoms with Crippen molar-refractivity contribution in [1.29, 1.82) is 0 Å². The zero-order valence-electron chi connectivity index (χ0n) is 16.2. The van der Waals surface area contributed by atoms with E-state index in [0.29, 0.717) is 11.5 Å². The minimum atomic E-state index is -3.77. The Labute approximate surface area is 164 Å². The summed E-state index contributed by atoms with van der Waals surface area (Å²) in [4.78, 5) is 11.7. The lowest BCUT2D eigenvalue weighted by Crippen LogP contribution is -2.26. The lowest BCUT2D eigenvalue weighted by atomic mass is 10.1. The summed E-state index contributed by atoms with van der Waals surface area (Å²) in [5.74, 6) is 1.58. The second kappa shape index (κ2) is 7.14. The second-order valence-electron chi connectivity index (χ2n) is 7.11. The molecule has 9 heteroatoms. The van der Waals surface area contributed by atoms with Crippen molar-refractivity contribution in [2.24, 2.45) is 0 Å². The SMILES string of the molecule is Cc1noc(C)c1S(=O)(=O)NCc1nc(N2CCCC2)c2cccc(C)c2n1. The predicted molar refractivity (Wildman–Crippen MR) is 106 cm³/mol. The molecule has 0 saturated carbocycles. The molecule has 1 aromatic carbocycles. The number of aromatic nitrogens is 3. The van der Waals surface area contributed by atoms with Gasteiger partial charge in [0.1, 0.15) is 22.2 Å². The van der Waals surface area contributed by atoms with Crippen molar-refractivity contribution in [2.45, 2.75) is 45.1 Å². The van der Waals surface area contributed by atoms with E-state index >= 15 is 0 Å². The van der Waals surface area contributed by atoms with Crippen molar-refractivity contribution in [1.82, 2.24) is 19.8 Å². The van der Waals surface area contributed by atoms with Crippen LogP contribution in [0.1, 0.15) is 35.7 Å². The number of hydrogen-bond acceptors (Lipinski definition) is 7. The number of rotatable bonds is 5. The molecule has 148 valence electrons. The molecule has 2 aromatic heterocycles. The minimum Gasteiger partial charge on any atom is -0.360 e. The standard InChI is InChI=1S/C19H23N5O3S/c1-12-7-6-8-15-17(12)21-16(22-19(15)24-9-4-5-10-24)11-20-28(25,26)18-13(2)23-27-14(18)3/h6-8,20H,4-5,9-11H2,1-3H3. The maximum atomic E-state index is 12.7. The van der Waals surface area contributed by atoms with Gasteiger partial charge in [0.05, 0.1) is 12.1 Å². The van der Waals surface area contributed by atoms with Crippen LogP contribution >= 0.6 is 0 Å². The van der Waals surface area contributed by atoms with Gasteiger partial charge in [-0.25, -0.2) is 23.1 Å². The van der Waals surface area contributed by atoms with Crippen LogP contribution in [0.15, 0.2) is 27.6 Å². The molecule has 3 aromatic rings. The van der Waals surface area contributed by atoms with Crippen LogP contribution in [0, 0.1) is 20.8 Å². The van der Waals surface area contributed by atoms with E-state index in [2.05, 4.69) is 19.8 Å². The van der Waals surface area contributed by atoms with Gasteiger partial charge in [-0.05, 0) is 45.2 Å². The van der Waals surface area contributed by atoms with Crippen LogP contribution in [0.25, 0.3) is 10.9 Å². The van der Waals surface area contributed by atoms with Gasteiger partial charge in [0, 0.05) is 18.5 Å². The molecule has 1 saturated heterocycles. The van der Waals surface area contributed by atoms with Crippen LogP contribution in [0.2, 0.25) is 0 Å². The first-order valence-corrected chi connectivity index (χ1v) is 10.8. The minimum absolute atomic E-state index is 0.00247. The van der Waals surface area contributed by atoms with Crippen LogP contribution in [-0.2, 0) is 16.6 Å². The van der Waals surface area contributed by atoms with Gasteiger partial charge in [0.25, 0.3) is 0 Å². The largest absolute Gasteiger partial charge is 0.360 e. The zero-order chi connectivity index (χ0) is 19.9. The molecule has 8 nitrogen and oxygen atoms in total. The van der Waals surface area contributed by atoms with Crippen molar-refractivity contribution >= 4 is 26.7 Å². The molecule has 0 atom stereocenters. The molecule has 0 unspecified atom stereocenters. The number of nitrogens with one attached hydrogen (secondary N) is 1. The predicted octanol–water partition coefficient (Wildman–Crippen LogP) is 2.62. The van der Waals surface area contributed by atoms with E-state index in [9.17, 15) is 8.42 Å². The third-order valence-electron chi connectivity index (χ3n) is 5.02. The lowest BCUT2D eigenvalue weighted by molar-refractivity contribution is 0.390. The molecule has 1 aliphatic rings. The monoisotopic (exact) mass is 401 g/mol. The van der Waals surface area contributed by atoms with Gasteiger partial charge < -0.3 is 9.42 Å². The van der Waals surface area contributed by atoms with Gasteiger partial charge in [-0.2, -0.15) is 0 Å². The molecule has 0 bridgehead atoms. The Bertz CT molecular complexity index is 1110. The average molecular weight is 401 g/mol. The number of fused-ring (bicyclic) bond motifs is 1. The molecular weight excluding hydrogens is 378 g/mol. The highest BCUT2D eigenvalue weighted by Crippen LogP contribution is 2.28. The van der Waals surface area contributed by atoms with Crippen molar-refractivity contribution in [3.8, 4) is 0 Å². The molecule has 28 heavy (non-hydrogen) atoms. The lowest BCUT2D eigenvalue weighted by Gasteiger charge is -2.20. The van der Waals surface area contributed by atoms with Crippen LogP contribution in [0.5, 0.6) is 0 Å². The number of sulfonamides is 1. The first-order valence-electron chi connectivity index (χ1n) is 9.30. The fraction of sp³-hybridized carbons (Fsp3) is 0.421. The summed E-state index contributed by atoms with van der Waals surface area (Å²) >= 11 is 0. The summed E-state index contributed by atoms with van der Waals surface area (Å²) in [5.41, 5.74) is 2.22. The van der Waals surface area contributed by atoms with Crippen molar-refractivity contribution < 1.29 is 12.9 Å². The van der Waals surface area contributed by atoms with Gasteiger partial charge in [-0.1, -0.05) is 17.3 Å². The Morgan fingerprint density at radius 3 is 2.57 bits per heavy atom. The summed E-state index contributed by atoms with van der Waals surface area (Å²) in [5, 5.41) is 4.72. The summed E-state index contributed by atoms with van der Waals surface area (Å²) in [6.07, 6.45) is 2.26. The molecule has 1 N–H and O–H groups in total. The molecular formula is C19H23N5O3S. The second-order valence-corrected chi connectivity index (χ2v) is 8.81.